The molecule has 0 unspecified atom stereocenters. The molecule has 0 saturated carbocycles. The van der Waals surface area contributed by atoms with Gasteiger partial charge in [-0.15, -0.1) is 0 Å². The van der Waals surface area contributed by atoms with Gasteiger partial charge in [-0.25, -0.2) is 0 Å². The van der Waals surface area contributed by atoms with E-state index in [1.807, 2.05) is 30.3 Å². The Morgan fingerprint density at radius 2 is 1.48 bits per heavy atom. The normalized spacial score (nSPS) is 13.6. The molecule has 124 valence electrons. The average molecular weight is 370 g/mol. The quantitative estimate of drug-likeness (QED) is 0.610. The van der Waals surface area contributed by atoms with Crippen LogP contribution in [0.1, 0.15) is 26.3 Å². The van der Waals surface area contributed by atoms with Gasteiger partial charge in [-0.2, -0.15) is 0 Å². The molecule has 0 aromatic heterocycles. The average Bonchev–Trinajstić information content (AvgIpc) is 2.61. The van der Waals surface area contributed by atoms with Gasteiger partial charge in [0, 0.05) is 33.1 Å². The molecule has 0 aliphatic carbocycles. The molecule has 4 rings (SSSR count). The van der Waals surface area contributed by atoms with Crippen LogP contribution in [-0.4, -0.2) is 23.3 Å². The predicted molar refractivity (Wildman–Crippen MR) is 99.5 cm³/mol. The Morgan fingerprint density at radius 1 is 0.840 bits per heavy atom. The molecular formula is C20H13Cl2NO2. The maximum Gasteiger partial charge on any atom is 0.261 e. The Labute approximate surface area is 154 Å². The van der Waals surface area contributed by atoms with Crippen LogP contribution in [0.15, 0.2) is 54.6 Å². The molecule has 0 fully saturated rings. The summed E-state index contributed by atoms with van der Waals surface area (Å²) in [7, 11) is 0. The van der Waals surface area contributed by atoms with Gasteiger partial charge in [-0.3, -0.25) is 14.5 Å². The van der Waals surface area contributed by atoms with Crippen LogP contribution in [0, 0.1) is 0 Å². The van der Waals surface area contributed by atoms with E-state index in [2.05, 4.69) is 0 Å². The lowest BCUT2D eigenvalue weighted by Crippen LogP contribution is -2.41. The van der Waals surface area contributed by atoms with Crippen LogP contribution >= 0.6 is 23.2 Å². The van der Waals surface area contributed by atoms with Crippen LogP contribution in [0.4, 0.5) is 0 Å². The molecule has 5 heteroatoms. The molecule has 1 aliphatic rings. The van der Waals surface area contributed by atoms with Crippen molar-refractivity contribution >= 4 is 45.8 Å². The maximum absolute atomic E-state index is 12.8. The fraction of sp³-hybridized carbons (Fsp3) is 0.100. The second kappa shape index (κ2) is 6.17. The van der Waals surface area contributed by atoms with Crippen LogP contribution in [0.5, 0.6) is 0 Å². The summed E-state index contributed by atoms with van der Waals surface area (Å²) in [6.07, 6.45) is 0.478. The van der Waals surface area contributed by atoms with Crippen molar-refractivity contribution < 1.29 is 9.59 Å². The second-order valence-corrected chi connectivity index (χ2v) is 6.80. The topological polar surface area (TPSA) is 37.4 Å². The van der Waals surface area contributed by atoms with Crippen molar-refractivity contribution in [1.29, 1.82) is 0 Å². The lowest BCUT2D eigenvalue weighted by atomic mass is 9.94. The zero-order valence-corrected chi connectivity index (χ0v) is 14.6. The van der Waals surface area contributed by atoms with Gasteiger partial charge >= 0.3 is 0 Å². The first-order valence-electron chi connectivity index (χ1n) is 7.88. The standard InChI is InChI=1S/C20H13Cl2NO2/c21-14-8-7-12(17(22)11-14)9-10-23-19(24)15-5-1-3-13-4-2-6-16(18(13)15)20(23)25/h1-8,11H,9-10H2. The lowest BCUT2D eigenvalue weighted by molar-refractivity contribution is 0.0612. The Bertz CT molecular complexity index is 979. The lowest BCUT2D eigenvalue weighted by Gasteiger charge is -2.27. The van der Waals surface area contributed by atoms with Crippen molar-refractivity contribution in [3.8, 4) is 0 Å². The van der Waals surface area contributed by atoms with E-state index in [0.717, 1.165) is 16.3 Å². The van der Waals surface area contributed by atoms with Gasteiger partial charge in [-0.05, 0) is 41.6 Å². The molecule has 1 heterocycles. The third-order valence-electron chi connectivity index (χ3n) is 4.48. The molecule has 0 bridgehead atoms. The first kappa shape index (κ1) is 16.1. The molecular weight excluding hydrogens is 357 g/mol. The van der Waals surface area contributed by atoms with Crippen LogP contribution < -0.4 is 0 Å². The SMILES string of the molecule is O=C1c2cccc3cccc(c23)C(=O)N1CCc1ccc(Cl)cc1Cl. The summed E-state index contributed by atoms with van der Waals surface area (Å²) in [6, 6.07) is 16.3. The minimum atomic E-state index is -0.264. The van der Waals surface area contributed by atoms with E-state index in [-0.39, 0.29) is 18.4 Å². The smallest absolute Gasteiger partial charge is 0.261 e. The fourth-order valence-corrected chi connectivity index (χ4v) is 3.74. The van der Waals surface area contributed by atoms with Gasteiger partial charge in [0.2, 0.25) is 0 Å². The summed E-state index contributed by atoms with van der Waals surface area (Å²) < 4.78 is 0. The van der Waals surface area contributed by atoms with Crippen molar-refractivity contribution in [2.75, 3.05) is 6.54 Å². The third kappa shape index (κ3) is 2.70. The van der Waals surface area contributed by atoms with Gasteiger partial charge < -0.3 is 0 Å². The Kier molecular flexibility index (Phi) is 3.98. The summed E-state index contributed by atoms with van der Waals surface area (Å²) in [5.74, 6) is -0.529. The van der Waals surface area contributed by atoms with Crippen molar-refractivity contribution in [3.63, 3.8) is 0 Å². The first-order chi connectivity index (χ1) is 12.1. The number of benzene rings is 3. The summed E-state index contributed by atoms with van der Waals surface area (Å²) >= 11 is 12.1. The van der Waals surface area contributed by atoms with Gasteiger partial charge in [0.15, 0.2) is 0 Å². The number of rotatable bonds is 3. The molecule has 3 aromatic carbocycles. The van der Waals surface area contributed by atoms with E-state index in [0.29, 0.717) is 27.6 Å². The Balaban J connectivity index is 1.68. The molecule has 1 aliphatic heterocycles. The van der Waals surface area contributed by atoms with Crippen LogP contribution in [0.3, 0.4) is 0 Å². The van der Waals surface area contributed by atoms with Crippen LogP contribution in [0.25, 0.3) is 10.8 Å². The number of amides is 2. The molecule has 0 spiro atoms. The van der Waals surface area contributed by atoms with E-state index in [9.17, 15) is 9.59 Å². The Morgan fingerprint density at radius 3 is 2.08 bits per heavy atom. The molecule has 0 radical (unpaired) electrons. The number of nitrogens with zero attached hydrogens (tertiary/aromatic N) is 1. The highest BCUT2D eigenvalue weighted by atomic mass is 35.5. The fourth-order valence-electron chi connectivity index (χ4n) is 3.24. The van der Waals surface area contributed by atoms with Crippen molar-refractivity contribution in [2.24, 2.45) is 0 Å². The van der Waals surface area contributed by atoms with E-state index >= 15 is 0 Å². The molecule has 2 amide bonds. The highest BCUT2D eigenvalue weighted by Crippen LogP contribution is 2.30. The third-order valence-corrected chi connectivity index (χ3v) is 5.06. The summed E-state index contributed by atoms with van der Waals surface area (Å²) in [5.41, 5.74) is 1.98. The summed E-state index contributed by atoms with van der Waals surface area (Å²) in [6.45, 7) is 0.268. The maximum atomic E-state index is 12.8. The van der Waals surface area contributed by atoms with E-state index < -0.39 is 0 Å². The molecule has 0 atom stereocenters. The largest absolute Gasteiger partial charge is 0.274 e. The monoisotopic (exact) mass is 369 g/mol. The van der Waals surface area contributed by atoms with Crippen molar-refractivity contribution in [1.82, 2.24) is 4.90 Å². The first-order valence-corrected chi connectivity index (χ1v) is 8.64. The van der Waals surface area contributed by atoms with Crippen molar-refractivity contribution in [2.45, 2.75) is 6.42 Å². The van der Waals surface area contributed by atoms with Crippen LogP contribution in [0.2, 0.25) is 10.0 Å². The van der Waals surface area contributed by atoms with Gasteiger partial charge in [0.25, 0.3) is 11.8 Å². The van der Waals surface area contributed by atoms with Gasteiger partial charge in [-0.1, -0.05) is 53.5 Å². The molecule has 3 nitrogen and oxygen atoms in total. The van der Waals surface area contributed by atoms with E-state index in [1.54, 1.807) is 24.3 Å². The molecule has 0 saturated heterocycles. The number of hydrogen-bond acceptors (Lipinski definition) is 2. The second-order valence-electron chi connectivity index (χ2n) is 5.96. The van der Waals surface area contributed by atoms with Crippen LogP contribution in [-0.2, 0) is 6.42 Å². The zero-order chi connectivity index (χ0) is 17.6. The highest BCUT2D eigenvalue weighted by molar-refractivity contribution is 6.35. The van der Waals surface area contributed by atoms with E-state index in [4.69, 9.17) is 23.2 Å². The predicted octanol–water partition coefficient (Wildman–Crippen LogP) is 4.99. The molecule has 25 heavy (non-hydrogen) atoms. The zero-order valence-electron chi connectivity index (χ0n) is 13.1. The summed E-state index contributed by atoms with van der Waals surface area (Å²) in [5, 5.41) is 2.73. The van der Waals surface area contributed by atoms with E-state index in [1.165, 1.54) is 4.90 Å². The number of carbonyl (C=O) groups is 2. The highest BCUT2D eigenvalue weighted by Gasteiger charge is 2.32. The summed E-state index contributed by atoms with van der Waals surface area (Å²) in [4.78, 5) is 26.9. The Hall–Kier alpha value is -2.36. The minimum Gasteiger partial charge on any atom is -0.274 e. The number of imide groups is 1. The number of carbonyl (C=O) groups excluding carboxylic acids is 2. The van der Waals surface area contributed by atoms with Crippen molar-refractivity contribution in [3.05, 3.63) is 81.3 Å². The molecule has 0 N–H and O–H groups in total. The van der Waals surface area contributed by atoms with Gasteiger partial charge in [0.1, 0.15) is 0 Å². The number of hydrogen-bond donors (Lipinski definition) is 0. The van der Waals surface area contributed by atoms with Gasteiger partial charge in [0.05, 0.1) is 0 Å². The molecule has 3 aromatic rings. The minimum absolute atomic E-state index is 0.264. The number of halogens is 2.